The lowest BCUT2D eigenvalue weighted by Gasteiger charge is -2.38. The Bertz CT molecular complexity index is 368. The van der Waals surface area contributed by atoms with Crippen LogP contribution in [0.3, 0.4) is 0 Å². The van der Waals surface area contributed by atoms with Crippen LogP contribution >= 0.6 is 0 Å². The van der Waals surface area contributed by atoms with Gasteiger partial charge in [-0.05, 0) is 38.8 Å². The van der Waals surface area contributed by atoms with E-state index in [-0.39, 0.29) is 0 Å². The number of rotatable bonds is 4. The third-order valence-corrected chi connectivity index (χ3v) is 5.08. The van der Waals surface area contributed by atoms with E-state index in [9.17, 15) is 0 Å². The van der Waals surface area contributed by atoms with Crippen LogP contribution in [0, 0.1) is 11.8 Å². The zero-order chi connectivity index (χ0) is 16.1. The minimum absolute atomic E-state index is 0.574. The van der Waals surface area contributed by atoms with Crippen molar-refractivity contribution in [1.82, 2.24) is 20.0 Å². The topological polar surface area (TPSA) is 34.1 Å². The summed E-state index contributed by atoms with van der Waals surface area (Å²) in [5.41, 5.74) is 0. The quantitative estimate of drug-likeness (QED) is 0.624. The molecule has 0 amide bonds. The van der Waals surface area contributed by atoms with Crippen molar-refractivity contribution in [3.63, 3.8) is 0 Å². The molecule has 0 aromatic rings. The van der Waals surface area contributed by atoms with Gasteiger partial charge in [0.05, 0.1) is 0 Å². The lowest BCUT2D eigenvalue weighted by molar-refractivity contribution is 0.116. The molecule has 2 heterocycles. The Balaban J connectivity index is 1.80. The maximum absolute atomic E-state index is 4.51. The molecule has 2 rings (SSSR count). The van der Waals surface area contributed by atoms with Crippen LogP contribution in [0.2, 0.25) is 0 Å². The molecule has 0 radical (unpaired) electrons. The van der Waals surface area contributed by atoms with Gasteiger partial charge in [0.25, 0.3) is 0 Å². The third kappa shape index (κ3) is 4.85. The van der Waals surface area contributed by atoms with Gasteiger partial charge in [0, 0.05) is 52.4 Å². The number of hydrogen-bond donors (Lipinski definition) is 1. The van der Waals surface area contributed by atoms with Gasteiger partial charge in [-0.25, -0.2) is 0 Å². The Morgan fingerprint density at radius 3 is 2.64 bits per heavy atom. The van der Waals surface area contributed by atoms with Crippen molar-refractivity contribution in [3.8, 4) is 0 Å². The van der Waals surface area contributed by atoms with Crippen molar-refractivity contribution < 1.29 is 0 Å². The van der Waals surface area contributed by atoms with Crippen LogP contribution in [0.1, 0.15) is 26.7 Å². The molecular formula is C17H35N5. The number of likely N-dealkylation sites (tertiary alicyclic amines) is 1. The van der Waals surface area contributed by atoms with Crippen molar-refractivity contribution in [1.29, 1.82) is 0 Å². The summed E-state index contributed by atoms with van der Waals surface area (Å²) in [5, 5.41) is 3.61. The molecule has 0 spiro atoms. The van der Waals surface area contributed by atoms with E-state index in [4.69, 9.17) is 0 Å². The first-order valence-electron chi connectivity index (χ1n) is 8.84. The van der Waals surface area contributed by atoms with Crippen LogP contribution in [0.5, 0.6) is 0 Å². The Kier molecular flexibility index (Phi) is 6.50. The fourth-order valence-corrected chi connectivity index (χ4v) is 3.75. The number of hydrogen-bond acceptors (Lipinski definition) is 3. The smallest absolute Gasteiger partial charge is 0.193 e. The average Bonchev–Trinajstić information content (AvgIpc) is 2.90. The maximum atomic E-state index is 4.51. The van der Waals surface area contributed by atoms with Gasteiger partial charge in [-0.3, -0.25) is 9.89 Å². The highest BCUT2D eigenvalue weighted by molar-refractivity contribution is 5.80. The van der Waals surface area contributed by atoms with E-state index in [1.165, 1.54) is 19.4 Å². The molecule has 2 unspecified atom stereocenters. The SMILES string of the molecule is CN=C(NCC1CN(C)CCN1C)N1CCC(CC(C)C)C1. The molecular weight excluding hydrogens is 274 g/mol. The first-order valence-corrected chi connectivity index (χ1v) is 8.84. The summed E-state index contributed by atoms with van der Waals surface area (Å²) in [6.07, 6.45) is 2.65. The van der Waals surface area contributed by atoms with Crippen LogP contribution in [-0.2, 0) is 0 Å². The van der Waals surface area contributed by atoms with E-state index in [2.05, 4.69) is 53.0 Å². The molecule has 2 saturated heterocycles. The number of guanidine groups is 1. The standard InChI is InChI=1S/C17H35N5/c1-14(2)10-15-6-7-22(12-15)17(18-3)19-11-16-13-20(4)8-9-21(16)5/h14-16H,6-13H2,1-5H3,(H,18,19). The largest absolute Gasteiger partial charge is 0.355 e. The molecule has 2 atom stereocenters. The molecule has 1 N–H and O–H groups in total. The minimum Gasteiger partial charge on any atom is -0.355 e. The van der Waals surface area contributed by atoms with Gasteiger partial charge in [0.1, 0.15) is 0 Å². The van der Waals surface area contributed by atoms with Gasteiger partial charge in [0.15, 0.2) is 5.96 Å². The zero-order valence-electron chi connectivity index (χ0n) is 15.2. The normalized spacial score (nSPS) is 28.6. The van der Waals surface area contributed by atoms with E-state index in [0.717, 1.165) is 50.5 Å². The fraction of sp³-hybridized carbons (Fsp3) is 0.941. The van der Waals surface area contributed by atoms with Crippen LogP contribution in [-0.4, -0.2) is 87.1 Å². The van der Waals surface area contributed by atoms with Gasteiger partial charge >= 0.3 is 0 Å². The van der Waals surface area contributed by atoms with E-state index in [0.29, 0.717) is 6.04 Å². The predicted molar refractivity (Wildman–Crippen MR) is 94.4 cm³/mol. The number of nitrogens with zero attached hydrogens (tertiary/aromatic N) is 4. The van der Waals surface area contributed by atoms with Crippen molar-refractivity contribution in [3.05, 3.63) is 0 Å². The summed E-state index contributed by atoms with van der Waals surface area (Å²) in [7, 11) is 6.36. The molecule has 22 heavy (non-hydrogen) atoms. The van der Waals surface area contributed by atoms with Crippen molar-refractivity contribution >= 4 is 5.96 Å². The highest BCUT2D eigenvalue weighted by Gasteiger charge is 2.27. The summed E-state index contributed by atoms with van der Waals surface area (Å²) < 4.78 is 0. The average molecular weight is 310 g/mol. The molecule has 2 aliphatic heterocycles. The maximum Gasteiger partial charge on any atom is 0.193 e. The fourth-order valence-electron chi connectivity index (χ4n) is 3.75. The highest BCUT2D eigenvalue weighted by atomic mass is 15.3. The summed E-state index contributed by atoms with van der Waals surface area (Å²) in [5.74, 6) is 2.72. The first kappa shape index (κ1) is 17.5. The van der Waals surface area contributed by atoms with Crippen molar-refractivity contribution in [2.45, 2.75) is 32.7 Å². The number of piperazine rings is 1. The molecule has 5 heteroatoms. The monoisotopic (exact) mass is 309 g/mol. The molecule has 0 aliphatic carbocycles. The summed E-state index contributed by atoms with van der Waals surface area (Å²) >= 11 is 0. The zero-order valence-corrected chi connectivity index (χ0v) is 15.2. The van der Waals surface area contributed by atoms with Crippen molar-refractivity contribution in [2.24, 2.45) is 16.8 Å². The molecule has 128 valence electrons. The second kappa shape index (κ2) is 8.16. The summed E-state index contributed by atoms with van der Waals surface area (Å²) in [4.78, 5) is 11.8. The highest BCUT2D eigenvalue weighted by Crippen LogP contribution is 2.23. The third-order valence-electron chi connectivity index (χ3n) is 5.08. The van der Waals surface area contributed by atoms with Gasteiger partial charge < -0.3 is 15.1 Å². The van der Waals surface area contributed by atoms with E-state index in [1.54, 1.807) is 0 Å². The van der Waals surface area contributed by atoms with Gasteiger partial charge in [0.2, 0.25) is 0 Å². The molecule has 0 aromatic carbocycles. The second-order valence-electron chi connectivity index (χ2n) is 7.56. The number of likely N-dealkylation sites (N-methyl/N-ethyl adjacent to an activating group) is 2. The van der Waals surface area contributed by atoms with Crippen LogP contribution in [0.15, 0.2) is 4.99 Å². The second-order valence-corrected chi connectivity index (χ2v) is 7.56. The first-order chi connectivity index (χ1) is 10.5. The number of aliphatic imine (C=N–C) groups is 1. The lowest BCUT2D eigenvalue weighted by Crippen LogP contribution is -2.55. The predicted octanol–water partition coefficient (Wildman–Crippen LogP) is 1.18. The molecule has 2 aliphatic rings. The summed E-state index contributed by atoms with van der Waals surface area (Å²) in [6, 6.07) is 0.574. The molecule has 2 fully saturated rings. The Hall–Kier alpha value is -0.810. The van der Waals surface area contributed by atoms with Crippen molar-refractivity contribution in [2.75, 3.05) is 60.4 Å². The van der Waals surface area contributed by atoms with Crippen LogP contribution < -0.4 is 5.32 Å². The van der Waals surface area contributed by atoms with E-state index < -0.39 is 0 Å². The van der Waals surface area contributed by atoms with E-state index in [1.807, 2.05) is 7.05 Å². The Morgan fingerprint density at radius 2 is 1.95 bits per heavy atom. The van der Waals surface area contributed by atoms with Gasteiger partial charge in [-0.15, -0.1) is 0 Å². The van der Waals surface area contributed by atoms with Crippen LogP contribution in [0.25, 0.3) is 0 Å². The molecule has 0 bridgehead atoms. The summed E-state index contributed by atoms with van der Waals surface area (Å²) in [6.45, 7) is 11.4. The molecule has 5 nitrogen and oxygen atoms in total. The lowest BCUT2D eigenvalue weighted by atomic mass is 9.97. The van der Waals surface area contributed by atoms with Gasteiger partial charge in [-0.1, -0.05) is 13.8 Å². The number of nitrogens with one attached hydrogen (secondary N) is 1. The molecule has 0 aromatic heterocycles. The Morgan fingerprint density at radius 1 is 1.18 bits per heavy atom. The molecule has 0 saturated carbocycles. The Labute approximate surface area is 136 Å². The minimum atomic E-state index is 0.574. The van der Waals surface area contributed by atoms with Gasteiger partial charge in [-0.2, -0.15) is 0 Å². The van der Waals surface area contributed by atoms with E-state index >= 15 is 0 Å². The van der Waals surface area contributed by atoms with Crippen LogP contribution in [0.4, 0.5) is 0 Å².